The number of hydrogen-bond acceptors (Lipinski definition) is 3. The van der Waals surface area contributed by atoms with E-state index in [1.54, 1.807) is 6.07 Å². The molecule has 1 aliphatic rings. The van der Waals surface area contributed by atoms with Crippen LogP contribution < -0.4 is 5.32 Å². The maximum absolute atomic E-state index is 11.8. The second-order valence-corrected chi connectivity index (χ2v) is 5.29. The fourth-order valence-corrected chi connectivity index (χ4v) is 2.78. The summed E-state index contributed by atoms with van der Waals surface area (Å²) in [5.41, 5.74) is 0. The molecule has 0 aliphatic heterocycles. The molecule has 5 heteroatoms. The molecule has 1 fully saturated rings. The number of nitrogens with one attached hydrogen (secondary N) is 1. The van der Waals surface area contributed by atoms with E-state index >= 15 is 0 Å². The van der Waals surface area contributed by atoms with Gasteiger partial charge in [0.25, 0.3) is 5.91 Å². The third-order valence-electron chi connectivity index (χ3n) is 3.16. The molecule has 1 heterocycles. The number of carbonyl (C=O) groups excluding carboxylic acids is 1. The lowest BCUT2D eigenvalue weighted by Crippen LogP contribution is -2.38. The van der Waals surface area contributed by atoms with Gasteiger partial charge < -0.3 is 10.4 Å². The van der Waals surface area contributed by atoms with Gasteiger partial charge in [0.15, 0.2) is 0 Å². The zero-order valence-corrected chi connectivity index (χ0v) is 10.2. The largest absolute Gasteiger partial charge is 0.481 e. The van der Waals surface area contributed by atoms with Crippen molar-refractivity contribution in [3.05, 3.63) is 22.4 Å². The standard InChI is InChI=1S/C12H15NO3S/c14-11(10-2-1-7-17-10)13-9-5-3-8(4-6-9)12(15)16/h1-2,7-9H,3-6H2,(H,13,14)(H,15,16). The number of thiophene rings is 1. The van der Waals surface area contributed by atoms with Crippen LogP contribution in [0.5, 0.6) is 0 Å². The second kappa shape index (κ2) is 5.31. The maximum Gasteiger partial charge on any atom is 0.306 e. The summed E-state index contributed by atoms with van der Waals surface area (Å²) in [7, 11) is 0. The molecule has 1 aromatic heterocycles. The van der Waals surface area contributed by atoms with Crippen LogP contribution in [0.25, 0.3) is 0 Å². The predicted molar refractivity (Wildman–Crippen MR) is 65.2 cm³/mol. The van der Waals surface area contributed by atoms with Gasteiger partial charge in [-0.3, -0.25) is 9.59 Å². The third kappa shape index (κ3) is 3.06. The number of carboxylic acids is 1. The minimum absolute atomic E-state index is 0.0428. The van der Waals surface area contributed by atoms with Gasteiger partial charge in [-0.05, 0) is 37.1 Å². The van der Waals surface area contributed by atoms with Crippen LogP contribution in [0.4, 0.5) is 0 Å². The first kappa shape index (κ1) is 12.1. The van der Waals surface area contributed by atoms with Gasteiger partial charge in [-0.1, -0.05) is 6.07 Å². The van der Waals surface area contributed by atoms with Crippen LogP contribution in [-0.2, 0) is 4.79 Å². The highest BCUT2D eigenvalue weighted by Gasteiger charge is 2.26. The molecule has 2 N–H and O–H groups in total. The molecule has 0 aromatic carbocycles. The van der Waals surface area contributed by atoms with Crippen LogP contribution in [0, 0.1) is 5.92 Å². The van der Waals surface area contributed by atoms with Crippen molar-refractivity contribution in [1.29, 1.82) is 0 Å². The zero-order chi connectivity index (χ0) is 12.3. The molecule has 0 unspecified atom stereocenters. The number of hydrogen-bond donors (Lipinski definition) is 2. The molecule has 0 atom stereocenters. The van der Waals surface area contributed by atoms with Crippen LogP contribution >= 0.6 is 11.3 Å². The van der Waals surface area contributed by atoms with E-state index in [1.165, 1.54) is 11.3 Å². The summed E-state index contributed by atoms with van der Waals surface area (Å²) in [6.07, 6.45) is 2.83. The molecule has 0 spiro atoms. The maximum atomic E-state index is 11.8. The van der Waals surface area contributed by atoms with E-state index in [4.69, 9.17) is 5.11 Å². The molecule has 17 heavy (non-hydrogen) atoms. The fourth-order valence-electron chi connectivity index (χ4n) is 2.15. The van der Waals surface area contributed by atoms with Crippen molar-refractivity contribution in [1.82, 2.24) is 5.32 Å². The van der Waals surface area contributed by atoms with Crippen LogP contribution in [0.3, 0.4) is 0 Å². The van der Waals surface area contributed by atoms with E-state index in [9.17, 15) is 9.59 Å². The molecular weight excluding hydrogens is 238 g/mol. The third-order valence-corrected chi connectivity index (χ3v) is 4.03. The van der Waals surface area contributed by atoms with Crippen LogP contribution in [0.15, 0.2) is 17.5 Å². The van der Waals surface area contributed by atoms with Gasteiger partial charge in [0.05, 0.1) is 10.8 Å². The van der Waals surface area contributed by atoms with E-state index in [0.717, 1.165) is 12.8 Å². The first-order chi connectivity index (χ1) is 8.16. The molecule has 0 radical (unpaired) electrons. The summed E-state index contributed by atoms with van der Waals surface area (Å²) in [4.78, 5) is 23.3. The van der Waals surface area contributed by atoms with Crippen LogP contribution in [-0.4, -0.2) is 23.0 Å². The smallest absolute Gasteiger partial charge is 0.306 e. The highest BCUT2D eigenvalue weighted by Crippen LogP contribution is 2.24. The van der Waals surface area contributed by atoms with Crippen LogP contribution in [0.2, 0.25) is 0 Å². The number of amides is 1. The number of aliphatic carboxylic acids is 1. The molecule has 1 aromatic rings. The number of rotatable bonds is 3. The summed E-state index contributed by atoms with van der Waals surface area (Å²) in [6, 6.07) is 3.77. The Labute approximate surface area is 104 Å². The first-order valence-electron chi connectivity index (χ1n) is 5.74. The number of carboxylic acid groups (broad SMARTS) is 1. The van der Waals surface area contributed by atoms with Crippen molar-refractivity contribution in [2.45, 2.75) is 31.7 Å². The Morgan fingerprint density at radius 1 is 1.29 bits per heavy atom. The van der Waals surface area contributed by atoms with Crippen molar-refractivity contribution >= 4 is 23.2 Å². The quantitative estimate of drug-likeness (QED) is 0.867. The highest BCUT2D eigenvalue weighted by molar-refractivity contribution is 7.12. The van der Waals surface area contributed by atoms with Crippen molar-refractivity contribution in [2.24, 2.45) is 5.92 Å². The Balaban J connectivity index is 1.82. The van der Waals surface area contributed by atoms with Gasteiger partial charge in [0, 0.05) is 6.04 Å². The van der Waals surface area contributed by atoms with Gasteiger partial charge in [-0.2, -0.15) is 0 Å². The Morgan fingerprint density at radius 3 is 2.53 bits per heavy atom. The monoisotopic (exact) mass is 253 g/mol. The van der Waals surface area contributed by atoms with Gasteiger partial charge in [-0.15, -0.1) is 11.3 Å². The van der Waals surface area contributed by atoms with Gasteiger partial charge in [0.1, 0.15) is 0 Å². The van der Waals surface area contributed by atoms with E-state index in [-0.39, 0.29) is 17.9 Å². The minimum Gasteiger partial charge on any atom is -0.481 e. The Bertz CT molecular complexity index is 394. The summed E-state index contributed by atoms with van der Waals surface area (Å²) in [5, 5.41) is 13.7. The average Bonchev–Trinajstić information content (AvgIpc) is 2.83. The van der Waals surface area contributed by atoms with E-state index in [2.05, 4.69) is 5.32 Å². The molecule has 1 aliphatic carbocycles. The molecular formula is C12H15NO3S. The average molecular weight is 253 g/mol. The Hall–Kier alpha value is -1.36. The zero-order valence-electron chi connectivity index (χ0n) is 9.39. The molecule has 1 amide bonds. The predicted octanol–water partition coefficient (Wildman–Crippen LogP) is 2.12. The minimum atomic E-state index is -0.715. The van der Waals surface area contributed by atoms with E-state index in [0.29, 0.717) is 17.7 Å². The van der Waals surface area contributed by atoms with Crippen molar-refractivity contribution in [3.8, 4) is 0 Å². The molecule has 1 saturated carbocycles. The first-order valence-corrected chi connectivity index (χ1v) is 6.62. The number of carbonyl (C=O) groups is 2. The topological polar surface area (TPSA) is 66.4 Å². The van der Waals surface area contributed by atoms with Gasteiger partial charge >= 0.3 is 5.97 Å². The van der Waals surface area contributed by atoms with Crippen molar-refractivity contribution in [2.75, 3.05) is 0 Å². The summed E-state index contributed by atoms with van der Waals surface area (Å²) in [5.74, 6) is -0.989. The van der Waals surface area contributed by atoms with Gasteiger partial charge in [-0.25, -0.2) is 0 Å². The second-order valence-electron chi connectivity index (χ2n) is 4.34. The molecule has 4 nitrogen and oxygen atoms in total. The molecule has 0 saturated heterocycles. The summed E-state index contributed by atoms with van der Waals surface area (Å²) in [6.45, 7) is 0. The lowest BCUT2D eigenvalue weighted by atomic mass is 9.86. The lowest BCUT2D eigenvalue weighted by Gasteiger charge is -2.26. The van der Waals surface area contributed by atoms with E-state index in [1.807, 2.05) is 11.4 Å². The SMILES string of the molecule is O=C(NC1CCC(C(=O)O)CC1)c1cccs1. The summed E-state index contributed by atoms with van der Waals surface area (Å²) >= 11 is 1.42. The van der Waals surface area contributed by atoms with Gasteiger partial charge in [0.2, 0.25) is 0 Å². The normalized spacial score (nSPS) is 24.2. The van der Waals surface area contributed by atoms with Crippen molar-refractivity contribution in [3.63, 3.8) is 0 Å². The lowest BCUT2D eigenvalue weighted by molar-refractivity contribution is -0.142. The van der Waals surface area contributed by atoms with E-state index < -0.39 is 5.97 Å². The molecule has 92 valence electrons. The Kier molecular flexibility index (Phi) is 3.78. The fraction of sp³-hybridized carbons (Fsp3) is 0.500. The van der Waals surface area contributed by atoms with Crippen LogP contribution in [0.1, 0.15) is 35.4 Å². The van der Waals surface area contributed by atoms with Crippen molar-refractivity contribution < 1.29 is 14.7 Å². The molecule has 0 bridgehead atoms. The molecule has 2 rings (SSSR count). The summed E-state index contributed by atoms with van der Waals surface area (Å²) < 4.78 is 0. The Morgan fingerprint density at radius 2 is 2.00 bits per heavy atom. The highest BCUT2D eigenvalue weighted by atomic mass is 32.1.